The van der Waals surface area contributed by atoms with Crippen LogP contribution in [0.2, 0.25) is 0 Å². The van der Waals surface area contributed by atoms with Crippen molar-refractivity contribution in [3.8, 4) is 0 Å². The van der Waals surface area contributed by atoms with Crippen LogP contribution in [0.3, 0.4) is 0 Å². The van der Waals surface area contributed by atoms with Gasteiger partial charge in [-0.2, -0.15) is 0 Å². The summed E-state index contributed by atoms with van der Waals surface area (Å²) in [6.45, 7) is 3.14. The highest BCUT2D eigenvalue weighted by Gasteiger charge is 2.16. The lowest BCUT2D eigenvalue weighted by Crippen LogP contribution is -2.40. The predicted octanol–water partition coefficient (Wildman–Crippen LogP) is 1.81. The molecule has 1 saturated heterocycles. The molecule has 2 aromatic rings. The molecule has 92 valence electrons. The molecule has 0 spiro atoms. The number of nitrogens with two attached hydrogens (primary N) is 1. The van der Waals surface area contributed by atoms with Gasteiger partial charge in [0.15, 0.2) is 0 Å². The van der Waals surface area contributed by atoms with Crippen molar-refractivity contribution in [1.82, 2.24) is 0 Å². The molecule has 1 fully saturated rings. The largest absolute Gasteiger partial charge is 0.371 e. The second kappa shape index (κ2) is 4.69. The Morgan fingerprint density at radius 3 is 2.50 bits per heavy atom. The molecule has 1 aliphatic rings. The average molecular weight is 240 g/mol. The summed E-state index contributed by atoms with van der Waals surface area (Å²) in [5.74, 6) is 0.822. The highest BCUT2D eigenvalue weighted by Crippen LogP contribution is 2.20. The molecule has 0 atom stereocenters. The van der Waals surface area contributed by atoms with E-state index in [9.17, 15) is 0 Å². The number of nitrogens with zero attached hydrogens (tertiary/aromatic N) is 2. The first-order chi connectivity index (χ1) is 8.83. The van der Waals surface area contributed by atoms with Gasteiger partial charge in [-0.25, -0.2) is 4.57 Å². The maximum atomic E-state index is 6.12. The molecule has 0 amide bonds. The van der Waals surface area contributed by atoms with Crippen LogP contribution in [-0.2, 0) is 6.54 Å². The standard InChI is InChI=1S/C15H17N3/c16-15-11-14(17-8-4-9-17)7-10-18(15)12-13-5-2-1-3-6-13/h1-3,5-7,10-11,16H,4,8-9,12H2/p+1. The summed E-state index contributed by atoms with van der Waals surface area (Å²) in [6.07, 6.45) is 3.37. The summed E-state index contributed by atoms with van der Waals surface area (Å²) in [5.41, 5.74) is 8.63. The van der Waals surface area contributed by atoms with E-state index in [1.165, 1.54) is 17.7 Å². The number of pyridine rings is 1. The first kappa shape index (κ1) is 11.1. The molecule has 2 N–H and O–H groups in total. The Balaban J connectivity index is 1.80. The van der Waals surface area contributed by atoms with Crippen molar-refractivity contribution in [2.75, 3.05) is 23.7 Å². The average Bonchev–Trinajstić information content (AvgIpc) is 2.32. The minimum atomic E-state index is 0.822. The third kappa shape index (κ3) is 2.16. The molecule has 1 aliphatic heterocycles. The van der Waals surface area contributed by atoms with Crippen LogP contribution in [0, 0.1) is 0 Å². The van der Waals surface area contributed by atoms with E-state index >= 15 is 0 Å². The molecule has 0 bridgehead atoms. The summed E-state index contributed by atoms with van der Waals surface area (Å²) in [7, 11) is 0. The van der Waals surface area contributed by atoms with E-state index in [2.05, 4.69) is 52.1 Å². The van der Waals surface area contributed by atoms with Gasteiger partial charge in [0.05, 0.1) is 12.3 Å². The van der Waals surface area contributed by atoms with Gasteiger partial charge in [0, 0.05) is 24.8 Å². The fraction of sp³-hybridized carbons (Fsp3) is 0.267. The zero-order valence-corrected chi connectivity index (χ0v) is 10.4. The number of hydrogen-bond acceptors (Lipinski definition) is 2. The van der Waals surface area contributed by atoms with Gasteiger partial charge < -0.3 is 4.90 Å². The zero-order chi connectivity index (χ0) is 12.4. The number of rotatable bonds is 3. The molecule has 1 aromatic heterocycles. The molecule has 3 rings (SSSR count). The summed E-state index contributed by atoms with van der Waals surface area (Å²) in [4.78, 5) is 2.35. The third-order valence-corrected chi connectivity index (χ3v) is 3.47. The molecule has 3 nitrogen and oxygen atoms in total. The van der Waals surface area contributed by atoms with Crippen LogP contribution in [0.4, 0.5) is 11.5 Å². The van der Waals surface area contributed by atoms with Gasteiger partial charge in [0.2, 0.25) is 0 Å². The zero-order valence-electron chi connectivity index (χ0n) is 10.4. The lowest BCUT2D eigenvalue weighted by atomic mass is 10.2. The smallest absolute Gasteiger partial charge is 0.274 e. The van der Waals surface area contributed by atoms with Gasteiger partial charge in [-0.15, -0.1) is 0 Å². The van der Waals surface area contributed by atoms with Crippen LogP contribution >= 0.6 is 0 Å². The minimum Gasteiger partial charge on any atom is -0.371 e. The SMILES string of the molecule is Nc1cc(N2CCC2)cc[n+]1Cc1ccccc1. The molecule has 0 aliphatic carbocycles. The molecule has 0 radical (unpaired) electrons. The Bertz CT molecular complexity index is 533. The molecular weight excluding hydrogens is 222 g/mol. The monoisotopic (exact) mass is 240 g/mol. The van der Waals surface area contributed by atoms with Crippen LogP contribution in [0.5, 0.6) is 0 Å². The van der Waals surface area contributed by atoms with Crippen molar-refractivity contribution in [2.24, 2.45) is 0 Å². The Hall–Kier alpha value is -2.03. The summed E-state index contributed by atoms with van der Waals surface area (Å²) >= 11 is 0. The van der Waals surface area contributed by atoms with E-state index in [1.54, 1.807) is 0 Å². The van der Waals surface area contributed by atoms with E-state index < -0.39 is 0 Å². The second-order valence-corrected chi connectivity index (χ2v) is 4.76. The number of benzene rings is 1. The first-order valence-electron chi connectivity index (χ1n) is 6.41. The molecule has 3 heteroatoms. The van der Waals surface area contributed by atoms with Gasteiger partial charge in [-0.1, -0.05) is 30.3 Å². The van der Waals surface area contributed by atoms with Crippen molar-refractivity contribution in [3.05, 3.63) is 54.2 Å². The molecule has 1 aromatic carbocycles. The van der Waals surface area contributed by atoms with Crippen molar-refractivity contribution < 1.29 is 4.57 Å². The van der Waals surface area contributed by atoms with Crippen LogP contribution in [0.1, 0.15) is 12.0 Å². The fourth-order valence-corrected chi connectivity index (χ4v) is 2.23. The van der Waals surface area contributed by atoms with Gasteiger partial charge >= 0.3 is 0 Å². The van der Waals surface area contributed by atoms with E-state index in [0.717, 1.165) is 25.5 Å². The summed E-state index contributed by atoms with van der Waals surface area (Å²) in [5, 5.41) is 0. The topological polar surface area (TPSA) is 33.1 Å². The first-order valence-corrected chi connectivity index (χ1v) is 6.41. The minimum absolute atomic E-state index is 0.822. The van der Waals surface area contributed by atoms with E-state index in [0.29, 0.717) is 0 Å². The van der Waals surface area contributed by atoms with Crippen LogP contribution in [0.15, 0.2) is 48.7 Å². The fourth-order valence-electron chi connectivity index (χ4n) is 2.23. The Labute approximate surface area is 107 Å². The molecule has 0 unspecified atom stereocenters. The molecule has 2 heterocycles. The lowest BCUT2D eigenvalue weighted by molar-refractivity contribution is -0.673. The van der Waals surface area contributed by atoms with Crippen LogP contribution in [0.25, 0.3) is 0 Å². The second-order valence-electron chi connectivity index (χ2n) is 4.76. The Kier molecular flexibility index (Phi) is 2.89. The van der Waals surface area contributed by atoms with Gasteiger partial charge in [-0.05, 0) is 12.0 Å². The maximum Gasteiger partial charge on any atom is 0.274 e. The van der Waals surface area contributed by atoms with E-state index in [4.69, 9.17) is 5.73 Å². The number of nitrogen functional groups attached to an aromatic ring is 1. The summed E-state index contributed by atoms with van der Waals surface area (Å²) in [6, 6.07) is 14.6. The quantitative estimate of drug-likeness (QED) is 0.830. The van der Waals surface area contributed by atoms with Gasteiger partial charge in [-0.3, -0.25) is 5.73 Å². The number of hydrogen-bond donors (Lipinski definition) is 1. The van der Waals surface area contributed by atoms with E-state index in [1.807, 2.05) is 6.07 Å². The lowest BCUT2D eigenvalue weighted by Gasteiger charge is -2.32. The van der Waals surface area contributed by atoms with Crippen molar-refractivity contribution in [1.29, 1.82) is 0 Å². The maximum absolute atomic E-state index is 6.12. The Morgan fingerprint density at radius 1 is 1.11 bits per heavy atom. The normalized spacial score (nSPS) is 14.3. The Morgan fingerprint density at radius 2 is 1.89 bits per heavy atom. The molecule has 0 saturated carbocycles. The van der Waals surface area contributed by atoms with Crippen molar-refractivity contribution in [3.63, 3.8) is 0 Å². The predicted molar refractivity (Wildman–Crippen MR) is 73.4 cm³/mol. The highest BCUT2D eigenvalue weighted by atomic mass is 15.2. The van der Waals surface area contributed by atoms with E-state index in [-0.39, 0.29) is 0 Å². The van der Waals surface area contributed by atoms with Crippen molar-refractivity contribution >= 4 is 11.5 Å². The summed E-state index contributed by atoms with van der Waals surface area (Å²) < 4.78 is 2.08. The van der Waals surface area contributed by atoms with Crippen LogP contribution < -0.4 is 15.2 Å². The van der Waals surface area contributed by atoms with Gasteiger partial charge in [0.1, 0.15) is 6.54 Å². The number of aromatic nitrogens is 1. The van der Waals surface area contributed by atoms with Gasteiger partial charge in [0.25, 0.3) is 5.82 Å². The molecule has 18 heavy (non-hydrogen) atoms. The third-order valence-electron chi connectivity index (χ3n) is 3.47. The van der Waals surface area contributed by atoms with Crippen molar-refractivity contribution in [2.45, 2.75) is 13.0 Å². The highest BCUT2D eigenvalue weighted by molar-refractivity contribution is 5.51. The van der Waals surface area contributed by atoms with Crippen LogP contribution in [-0.4, -0.2) is 13.1 Å². The molecular formula is C15H18N3+. The number of anilines is 2.